The van der Waals surface area contributed by atoms with Crippen LogP contribution in [0.25, 0.3) is 0 Å². The third-order valence-corrected chi connectivity index (χ3v) is 3.11. The van der Waals surface area contributed by atoms with Crippen LogP contribution in [0.15, 0.2) is 34.9 Å². The van der Waals surface area contributed by atoms with Crippen molar-refractivity contribution in [1.29, 1.82) is 0 Å². The molecule has 0 radical (unpaired) electrons. The Hall–Kier alpha value is -2.34. The SMILES string of the molecule is COCCN(Cc1ccco1)C(=O)Nc1cc(C)cc(C)n1. The Morgan fingerprint density at radius 3 is 2.86 bits per heavy atom. The van der Waals surface area contributed by atoms with Crippen LogP contribution in [0.3, 0.4) is 0 Å². The number of methoxy groups -OCH3 is 1. The second-order valence-electron chi connectivity index (χ2n) is 5.09. The fraction of sp³-hybridized carbons (Fsp3) is 0.375. The summed E-state index contributed by atoms with van der Waals surface area (Å²) in [6.45, 7) is 5.17. The van der Waals surface area contributed by atoms with Gasteiger partial charge in [0.15, 0.2) is 0 Å². The van der Waals surface area contributed by atoms with Gasteiger partial charge in [-0.05, 0) is 43.7 Å². The van der Waals surface area contributed by atoms with Gasteiger partial charge in [-0.1, -0.05) is 0 Å². The first-order valence-electron chi connectivity index (χ1n) is 7.11. The van der Waals surface area contributed by atoms with E-state index in [0.717, 1.165) is 17.0 Å². The molecule has 2 heterocycles. The van der Waals surface area contributed by atoms with Crippen molar-refractivity contribution in [2.75, 3.05) is 25.6 Å². The van der Waals surface area contributed by atoms with Crippen LogP contribution in [-0.2, 0) is 11.3 Å². The Bertz CT molecular complexity index is 591. The number of hydrogen-bond donors (Lipinski definition) is 1. The van der Waals surface area contributed by atoms with E-state index in [0.29, 0.717) is 25.5 Å². The smallest absolute Gasteiger partial charge is 0.323 e. The maximum atomic E-state index is 12.4. The number of hydrogen-bond acceptors (Lipinski definition) is 4. The molecule has 1 N–H and O–H groups in total. The van der Waals surface area contributed by atoms with Gasteiger partial charge in [0.05, 0.1) is 19.4 Å². The summed E-state index contributed by atoms with van der Waals surface area (Å²) in [6, 6.07) is 7.20. The third kappa shape index (κ3) is 4.60. The highest BCUT2D eigenvalue weighted by atomic mass is 16.5. The Morgan fingerprint density at radius 1 is 1.41 bits per heavy atom. The van der Waals surface area contributed by atoms with Gasteiger partial charge in [-0.25, -0.2) is 9.78 Å². The van der Waals surface area contributed by atoms with Crippen molar-refractivity contribution in [3.05, 3.63) is 47.5 Å². The topological polar surface area (TPSA) is 67.6 Å². The second kappa shape index (κ2) is 7.61. The number of aryl methyl sites for hydroxylation is 2. The zero-order valence-electron chi connectivity index (χ0n) is 13.1. The summed E-state index contributed by atoms with van der Waals surface area (Å²) in [5.41, 5.74) is 1.92. The Kier molecular flexibility index (Phi) is 5.55. The van der Waals surface area contributed by atoms with Crippen LogP contribution in [0.5, 0.6) is 0 Å². The Morgan fingerprint density at radius 2 is 2.23 bits per heavy atom. The molecule has 2 aromatic heterocycles. The lowest BCUT2D eigenvalue weighted by atomic mass is 10.2. The molecule has 0 fully saturated rings. The first kappa shape index (κ1) is 16.0. The fourth-order valence-corrected chi connectivity index (χ4v) is 2.14. The standard InChI is InChI=1S/C16H21N3O3/c1-12-9-13(2)17-15(10-12)18-16(20)19(6-8-21-3)11-14-5-4-7-22-14/h4-5,7,9-10H,6,8,11H2,1-3H3,(H,17,18,20). The number of urea groups is 1. The van der Waals surface area contributed by atoms with E-state index in [9.17, 15) is 4.79 Å². The summed E-state index contributed by atoms with van der Waals surface area (Å²) in [6.07, 6.45) is 1.59. The second-order valence-corrected chi connectivity index (χ2v) is 5.09. The van der Waals surface area contributed by atoms with Gasteiger partial charge in [0.25, 0.3) is 0 Å². The predicted octanol–water partition coefficient (Wildman–Crippen LogP) is 2.97. The molecular formula is C16H21N3O3. The first-order valence-corrected chi connectivity index (χ1v) is 7.11. The van der Waals surface area contributed by atoms with Gasteiger partial charge < -0.3 is 14.1 Å². The van der Waals surface area contributed by atoms with E-state index >= 15 is 0 Å². The number of aromatic nitrogens is 1. The van der Waals surface area contributed by atoms with Crippen LogP contribution in [0.4, 0.5) is 10.6 Å². The van der Waals surface area contributed by atoms with Gasteiger partial charge in [0, 0.05) is 19.3 Å². The van der Waals surface area contributed by atoms with Crippen LogP contribution >= 0.6 is 0 Å². The lowest BCUT2D eigenvalue weighted by molar-refractivity contribution is 0.149. The molecule has 0 bridgehead atoms. The van der Waals surface area contributed by atoms with Crippen molar-refractivity contribution in [2.45, 2.75) is 20.4 Å². The quantitative estimate of drug-likeness (QED) is 0.891. The van der Waals surface area contributed by atoms with Gasteiger partial charge in [-0.3, -0.25) is 5.32 Å². The van der Waals surface area contributed by atoms with E-state index in [1.807, 2.05) is 32.0 Å². The van der Waals surface area contributed by atoms with Crippen molar-refractivity contribution in [2.24, 2.45) is 0 Å². The van der Waals surface area contributed by atoms with E-state index in [4.69, 9.17) is 9.15 Å². The van der Waals surface area contributed by atoms with Crippen molar-refractivity contribution in [3.8, 4) is 0 Å². The van der Waals surface area contributed by atoms with E-state index in [1.54, 1.807) is 24.3 Å². The molecule has 2 amide bonds. The van der Waals surface area contributed by atoms with Crippen LogP contribution in [-0.4, -0.2) is 36.2 Å². The van der Waals surface area contributed by atoms with Gasteiger partial charge >= 0.3 is 6.03 Å². The number of furan rings is 1. The number of carbonyl (C=O) groups is 1. The maximum absolute atomic E-state index is 12.4. The molecule has 0 aromatic carbocycles. The normalized spacial score (nSPS) is 10.5. The fourth-order valence-electron chi connectivity index (χ4n) is 2.14. The molecule has 0 aliphatic heterocycles. The van der Waals surface area contributed by atoms with Crippen LogP contribution in [0.2, 0.25) is 0 Å². The molecule has 0 aliphatic carbocycles. The average Bonchev–Trinajstić information content (AvgIpc) is 2.95. The molecule has 0 aliphatic rings. The molecule has 2 rings (SSSR count). The summed E-state index contributed by atoms with van der Waals surface area (Å²) in [4.78, 5) is 18.4. The number of ether oxygens (including phenoxy) is 1. The number of nitrogens with one attached hydrogen (secondary N) is 1. The molecule has 0 saturated carbocycles. The van der Waals surface area contributed by atoms with Crippen molar-refractivity contribution in [1.82, 2.24) is 9.88 Å². The molecule has 6 nitrogen and oxygen atoms in total. The Balaban J connectivity index is 2.06. The maximum Gasteiger partial charge on any atom is 0.323 e. The lowest BCUT2D eigenvalue weighted by Crippen LogP contribution is -2.37. The monoisotopic (exact) mass is 303 g/mol. The summed E-state index contributed by atoms with van der Waals surface area (Å²) in [5.74, 6) is 1.27. The third-order valence-electron chi connectivity index (χ3n) is 3.11. The minimum Gasteiger partial charge on any atom is -0.467 e. The van der Waals surface area contributed by atoms with Crippen LogP contribution < -0.4 is 5.32 Å². The van der Waals surface area contributed by atoms with E-state index in [-0.39, 0.29) is 6.03 Å². The van der Waals surface area contributed by atoms with E-state index in [1.165, 1.54) is 0 Å². The molecule has 2 aromatic rings. The molecule has 6 heteroatoms. The summed E-state index contributed by atoms with van der Waals surface area (Å²) in [7, 11) is 1.61. The summed E-state index contributed by atoms with van der Waals surface area (Å²) < 4.78 is 10.4. The number of anilines is 1. The minimum absolute atomic E-state index is 0.231. The molecule has 0 atom stereocenters. The number of nitrogens with zero attached hydrogens (tertiary/aromatic N) is 2. The lowest BCUT2D eigenvalue weighted by Gasteiger charge is -2.21. The van der Waals surface area contributed by atoms with E-state index in [2.05, 4.69) is 10.3 Å². The highest BCUT2D eigenvalue weighted by Crippen LogP contribution is 2.11. The van der Waals surface area contributed by atoms with Crippen molar-refractivity contribution < 1.29 is 13.9 Å². The molecular weight excluding hydrogens is 282 g/mol. The van der Waals surface area contributed by atoms with Crippen LogP contribution in [0.1, 0.15) is 17.0 Å². The van der Waals surface area contributed by atoms with Crippen LogP contribution in [0, 0.1) is 13.8 Å². The highest BCUT2D eigenvalue weighted by Gasteiger charge is 2.16. The Labute approximate surface area is 130 Å². The predicted molar refractivity (Wildman–Crippen MR) is 83.7 cm³/mol. The molecule has 0 unspecified atom stereocenters. The van der Waals surface area contributed by atoms with Crippen molar-refractivity contribution in [3.63, 3.8) is 0 Å². The largest absolute Gasteiger partial charge is 0.467 e. The van der Waals surface area contributed by atoms with Gasteiger partial charge in [0.2, 0.25) is 0 Å². The molecule has 0 saturated heterocycles. The number of pyridine rings is 1. The average molecular weight is 303 g/mol. The summed E-state index contributed by atoms with van der Waals surface area (Å²) >= 11 is 0. The summed E-state index contributed by atoms with van der Waals surface area (Å²) in [5, 5.41) is 2.82. The van der Waals surface area contributed by atoms with Gasteiger partial charge in [-0.15, -0.1) is 0 Å². The first-order chi connectivity index (χ1) is 10.6. The number of amides is 2. The highest BCUT2D eigenvalue weighted by molar-refractivity contribution is 5.88. The van der Waals surface area contributed by atoms with Gasteiger partial charge in [-0.2, -0.15) is 0 Å². The van der Waals surface area contributed by atoms with Crippen molar-refractivity contribution >= 4 is 11.8 Å². The molecule has 0 spiro atoms. The van der Waals surface area contributed by atoms with Gasteiger partial charge in [0.1, 0.15) is 11.6 Å². The molecule has 118 valence electrons. The zero-order chi connectivity index (χ0) is 15.9. The minimum atomic E-state index is -0.231. The number of rotatable bonds is 6. The number of carbonyl (C=O) groups excluding carboxylic acids is 1. The van der Waals surface area contributed by atoms with E-state index < -0.39 is 0 Å². The zero-order valence-corrected chi connectivity index (χ0v) is 13.1. The molecule has 22 heavy (non-hydrogen) atoms.